The van der Waals surface area contributed by atoms with Crippen LogP contribution in [0.5, 0.6) is 0 Å². The summed E-state index contributed by atoms with van der Waals surface area (Å²) in [5, 5.41) is 16.6. The first-order chi connectivity index (χ1) is 19.1. The number of rotatable bonds is 7. The zero-order valence-corrected chi connectivity index (χ0v) is 22.0. The topological polar surface area (TPSA) is 119 Å². The summed E-state index contributed by atoms with van der Waals surface area (Å²) in [5.74, 6) is 0.471. The second-order valence-corrected chi connectivity index (χ2v) is 9.49. The zero-order chi connectivity index (χ0) is 27.2. The molecular weight excluding hydrogens is 496 g/mol. The van der Waals surface area contributed by atoms with E-state index in [2.05, 4.69) is 21.4 Å². The molecule has 0 aliphatic carbocycles. The third kappa shape index (κ3) is 6.02. The molecule has 5 rings (SSSR count). The van der Waals surface area contributed by atoms with Crippen molar-refractivity contribution in [3.63, 3.8) is 0 Å². The summed E-state index contributed by atoms with van der Waals surface area (Å²) in [6.07, 6.45) is 4.83. The number of anilines is 2. The molecule has 2 aliphatic heterocycles. The maximum absolute atomic E-state index is 13.0. The predicted molar refractivity (Wildman–Crippen MR) is 146 cm³/mol. The quantitative estimate of drug-likeness (QED) is 0.496. The summed E-state index contributed by atoms with van der Waals surface area (Å²) in [4.78, 5) is 35.5. The van der Waals surface area contributed by atoms with Gasteiger partial charge in [-0.05, 0) is 55.3 Å². The van der Waals surface area contributed by atoms with Crippen LogP contribution < -0.4 is 5.32 Å². The Morgan fingerprint density at radius 3 is 2.56 bits per heavy atom. The lowest BCUT2D eigenvalue weighted by molar-refractivity contribution is 0.0639. The molecule has 0 radical (unpaired) electrons. The van der Waals surface area contributed by atoms with Crippen LogP contribution in [-0.4, -0.2) is 93.7 Å². The number of nitrogens with zero attached hydrogens (tertiary/aromatic N) is 7. The van der Waals surface area contributed by atoms with Crippen molar-refractivity contribution in [1.29, 1.82) is 5.26 Å². The van der Waals surface area contributed by atoms with Gasteiger partial charge < -0.3 is 19.9 Å². The average molecular weight is 529 g/mol. The van der Waals surface area contributed by atoms with E-state index in [0.717, 1.165) is 42.1 Å². The van der Waals surface area contributed by atoms with E-state index in [0.29, 0.717) is 57.1 Å². The van der Waals surface area contributed by atoms with E-state index in [4.69, 9.17) is 15.0 Å². The Bertz CT molecular complexity index is 1400. The van der Waals surface area contributed by atoms with E-state index < -0.39 is 0 Å². The number of aromatic nitrogens is 3. The molecule has 4 heterocycles. The van der Waals surface area contributed by atoms with Crippen molar-refractivity contribution >= 4 is 34.9 Å². The van der Waals surface area contributed by atoms with E-state index in [-0.39, 0.29) is 12.0 Å². The van der Waals surface area contributed by atoms with Crippen LogP contribution in [0.4, 0.5) is 16.4 Å². The molecule has 1 fully saturated rings. The fourth-order valence-electron chi connectivity index (χ4n) is 4.89. The van der Waals surface area contributed by atoms with Crippen molar-refractivity contribution in [2.75, 3.05) is 57.7 Å². The van der Waals surface area contributed by atoms with Crippen LogP contribution in [0.15, 0.2) is 48.7 Å². The van der Waals surface area contributed by atoms with Gasteiger partial charge in [-0.15, -0.1) is 5.10 Å². The number of ether oxygens (including phenoxy) is 1. The van der Waals surface area contributed by atoms with Crippen LogP contribution >= 0.6 is 0 Å². The normalized spacial score (nSPS) is 16.1. The fourth-order valence-corrected chi connectivity index (χ4v) is 4.89. The SMILES string of the molecule is CCOC(=O)N1CC=C(c2cccn3nc(Nc4ccc(C(=O)N5CCN(CCC#N)CC5)cc4)nc23)CC1. The number of hydrogen-bond donors (Lipinski definition) is 1. The number of nitrogens with one attached hydrogen (secondary N) is 1. The molecule has 2 aromatic heterocycles. The Morgan fingerprint density at radius 1 is 1.08 bits per heavy atom. The van der Waals surface area contributed by atoms with Gasteiger partial charge in [0.25, 0.3) is 5.91 Å². The monoisotopic (exact) mass is 528 g/mol. The molecule has 0 spiro atoms. The van der Waals surface area contributed by atoms with Crippen molar-refractivity contribution in [1.82, 2.24) is 29.3 Å². The minimum absolute atomic E-state index is 0.0132. The minimum atomic E-state index is -0.290. The lowest BCUT2D eigenvalue weighted by atomic mass is 10.0. The van der Waals surface area contributed by atoms with Gasteiger partial charge in [-0.3, -0.25) is 9.69 Å². The summed E-state index contributed by atoms with van der Waals surface area (Å²) in [6.45, 7) is 6.90. The van der Waals surface area contributed by atoms with Crippen LogP contribution in [0.2, 0.25) is 0 Å². The molecule has 0 saturated carbocycles. The van der Waals surface area contributed by atoms with E-state index in [9.17, 15) is 9.59 Å². The number of fused-ring (bicyclic) bond motifs is 1. The first kappa shape index (κ1) is 26.2. The largest absolute Gasteiger partial charge is 0.450 e. The van der Waals surface area contributed by atoms with E-state index >= 15 is 0 Å². The highest BCUT2D eigenvalue weighted by Gasteiger charge is 2.23. The van der Waals surface area contributed by atoms with Gasteiger partial charge in [0.2, 0.25) is 5.95 Å². The van der Waals surface area contributed by atoms with Crippen LogP contribution in [0.3, 0.4) is 0 Å². The maximum Gasteiger partial charge on any atom is 0.410 e. The minimum Gasteiger partial charge on any atom is -0.450 e. The average Bonchev–Trinajstić information content (AvgIpc) is 3.39. The standard InChI is InChI=1S/C28H32N8O3/c1-2-39-28(38)35-15-10-21(11-16-35)24-5-3-14-36-25(24)31-27(32-36)30-23-8-6-22(7-9-23)26(37)34-19-17-33(18-20-34)13-4-12-29/h3,5-10,14H,2,4,11,13,15-20H2,1H3,(H,30,32). The van der Waals surface area contributed by atoms with Gasteiger partial charge >= 0.3 is 6.09 Å². The molecule has 1 aromatic carbocycles. The molecule has 39 heavy (non-hydrogen) atoms. The van der Waals surface area contributed by atoms with E-state index in [1.807, 2.05) is 53.6 Å². The number of amides is 2. The highest BCUT2D eigenvalue weighted by Crippen LogP contribution is 2.27. The highest BCUT2D eigenvalue weighted by molar-refractivity contribution is 5.94. The van der Waals surface area contributed by atoms with Crippen LogP contribution in [0, 0.1) is 11.3 Å². The fraction of sp³-hybridized carbons (Fsp3) is 0.393. The lowest BCUT2D eigenvalue weighted by Gasteiger charge is -2.34. The van der Waals surface area contributed by atoms with Crippen molar-refractivity contribution in [3.05, 3.63) is 59.8 Å². The summed E-state index contributed by atoms with van der Waals surface area (Å²) in [7, 11) is 0. The summed E-state index contributed by atoms with van der Waals surface area (Å²) >= 11 is 0. The highest BCUT2D eigenvalue weighted by atomic mass is 16.6. The number of nitriles is 1. The molecule has 2 aliphatic rings. The molecule has 0 unspecified atom stereocenters. The van der Waals surface area contributed by atoms with E-state index in [1.54, 1.807) is 16.3 Å². The first-order valence-electron chi connectivity index (χ1n) is 13.3. The molecule has 202 valence electrons. The van der Waals surface area contributed by atoms with Gasteiger partial charge in [-0.1, -0.05) is 6.08 Å². The first-order valence-corrected chi connectivity index (χ1v) is 13.3. The van der Waals surface area contributed by atoms with Crippen molar-refractivity contribution in [2.24, 2.45) is 0 Å². The lowest BCUT2D eigenvalue weighted by Crippen LogP contribution is -2.48. The molecule has 1 N–H and O–H groups in total. The molecular formula is C28H32N8O3. The van der Waals surface area contributed by atoms with Crippen molar-refractivity contribution in [3.8, 4) is 6.07 Å². The number of carbonyl (C=O) groups excluding carboxylic acids is 2. The van der Waals surface area contributed by atoms with Crippen LogP contribution in [0.25, 0.3) is 11.2 Å². The summed E-state index contributed by atoms with van der Waals surface area (Å²) < 4.78 is 6.85. The molecule has 0 bridgehead atoms. The number of benzene rings is 1. The van der Waals surface area contributed by atoms with Gasteiger partial charge in [0.1, 0.15) is 0 Å². The van der Waals surface area contributed by atoms with Crippen LogP contribution in [0.1, 0.15) is 35.7 Å². The molecule has 3 aromatic rings. The Morgan fingerprint density at radius 2 is 1.87 bits per heavy atom. The molecule has 1 saturated heterocycles. The van der Waals surface area contributed by atoms with Gasteiger partial charge in [0.15, 0.2) is 5.65 Å². The molecule has 11 heteroatoms. The third-order valence-corrected chi connectivity index (χ3v) is 7.03. The van der Waals surface area contributed by atoms with E-state index in [1.165, 1.54) is 0 Å². The molecule has 0 atom stereocenters. The summed E-state index contributed by atoms with van der Waals surface area (Å²) in [5.41, 5.74) is 4.25. The van der Waals surface area contributed by atoms with Crippen LogP contribution in [-0.2, 0) is 4.74 Å². The number of pyridine rings is 1. The van der Waals surface area contributed by atoms with Gasteiger partial charge in [-0.2, -0.15) is 10.2 Å². The number of piperazine rings is 1. The number of hydrogen-bond acceptors (Lipinski definition) is 8. The Kier molecular flexibility index (Phi) is 8.03. The Hall–Kier alpha value is -4.43. The maximum atomic E-state index is 13.0. The second kappa shape index (κ2) is 12.0. The van der Waals surface area contributed by atoms with Crippen molar-refractivity contribution in [2.45, 2.75) is 19.8 Å². The number of carbonyl (C=O) groups is 2. The van der Waals surface area contributed by atoms with Gasteiger partial charge in [0, 0.05) is 75.2 Å². The predicted octanol–water partition coefficient (Wildman–Crippen LogP) is 3.39. The van der Waals surface area contributed by atoms with Gasteiger partial charge in [0.05, 0.1) is 12.7 Å². The van der Waals surface area contributed by atoms with Crippen molar-refractivity contribution < 1.29 is 14.3 Å². The molecule has 2 amide bonds. The molecule has 11 nitrogen and oxygen atoms in total. The zero-order valence-electron chi connectivity index (χ0n) is 22.0. The third-order valence-electron chi connectivity index (χ3n) is 7.03. The Balaban J connectivity index is 1.23. The Labute approximate surface area is 227 Å². The smallest absolute Gasteiger partial charge is 0.410 e. The second-order valence-electron chi connectivity index (χ2n) is 9.49. The summed E-state index contributed by atoms with van der Waals surface area (Å²) in [6, 6.07) is 13.5. The van der Waals surface area contributed by atoms with Gasteiger partial charge in [-0.25, -0.2) is 9.31 Å².